The van der Waals surface area contributed by atoms with E-state index in [0.717, 1.165) is 22.4 Å². The summed E-state index contributed by atoms with van der Waals surface area (Å²) in [5.41, 5.74) is 9.13. The molecule has 3 rings (SSSR count). The normalized spacial score (nSPS) is 12.0. The number of imidazole rings is 1. The molecule has 0 spiro atoms. The topological polar surface area (TPSA) is 56.7 Å². The zero-order valence-electron chi connectivity index (χ0n) is 12.3. The maximum absolute atomic E-state index is 6.15. The fourth-order valence-corrected chi connectivity index (χ4v) is 2.65. The predicted octanol–water partition coefficient (Wildman–Crippen LogP) is 4.09. The van der Waals surface area contributed by atoms with Crippen molar-refractivity contribution in [1.29, 1.82) is 0 Å². The highest BCUT2D eigenvalue weighted by Crippen LogP contribution is 2.33. The molecule has 0 amide bonds. The number of nitrogens with two attached hydrogens (primary N) is 1. The van der Waals surface area contributed by atoms with Crippen molar-refractivity contribution in [3.8, 4) is 11.4 Å². The number of benzene rings is 1. The van der Waals surface area contributed by atoms with Crippen LogP contribution in [0.3, 0.4) is 0 Å². The number of pyridine rings is 1. The molecule has 0 aliphatic rings. The fourth-order valence-electron chi connectivity index (χ4n) is 2.47. The van der Waals surface area contributed by atoms with Crippen molar-refractivity contribution in [2.24, 2.45) is 0 Å². The molecule has 0 atom stereocenters. The third-order valence-electron chi connectivity index (χ3n) is 3.39. The van der Waals surface area contributed by atoms with Crippen molar-refractivity contribution in [2.75, 3.05) is 5.73 Å². The van der Waals surface area contributed by atoms with Crippen LogP contribution in [0.5, 0.6) is 0 Å². The van der Waals surface area contributed by atoms with Gasteiger partial charge in [-0.15, -0.1) is 0 Å². The third kappa shape index (κ3) is 2.36. The van der Waals surface area contributed by atoms with Gasteiger partial charge in [0, 0.05) is 17.3 Å². The number of hydrogen-bond donors (Lipinski definition) is 1. The van der Waals surface area contributed by atoms with E-state index in [2.05, 4.69) is 30.3 Å². The molecule has 0 saturated heterocycles. The molecule has 0 radical (unpaired) electrons. The van der Waals surface area contributed by atoms with Crippen LogP contribution >= 0.6 is 11.6 Å². The Hall–Kier alpha value is -2.07. The van der Waals surface area contributed by atoms with Crippen LogP contribution in [0, 0.1) is 0 Å². The van der Waals surface area contributed by atoms with Gasteiger partial charge < -0.3 is 10.3 Å². The van der Waals surface area contributed by atoms with E-state index in [4.69, 9.17) is 22.3 Å². The molecule has 108 valence electrons. The molecule has 3 aromatic rings. The lowest BCUT2D eigenvalue weighted by Gasteiger charge is -2.24. The number of nitrogen functional groups attached to an aromatic ring is 1. The summed E-state index contributed by atoms with van der Waals surface area (Å²) < 4.78 is 2.20. The van der Waals surface area contributed by atoms with E-state index in [1.807, 2.05) is 24.3 Å². The zero-order chi connectivity index (χ0) is 15.2. The first-order valence-corrected chi connectivity index (χ1v) is 7.14. The Kier molecular flexibility index (Phi) is 3.14. The molecule has 0 saturated carbocycles. The van der Waals surface area contributed by atoms with Gasteiger partial charge in [-0.25, -0.2) is 4.98 Å². The zero-order valence-corrected chi connectivity index (χ0v) is 13.0. The van der Waals surface area contributed by atoms with Gasteiger partial charge in [-0.05, 0) is 45.0 Å². The summed E-state index contributed by atoms with van der Waals surface area (Å²) in [7, 11) is 0. The number of rotatable bonds is 1. The molecule has 2 N–H and O–H groups in total. The molecule has 0 aliphatic heterocycles. The Bertz CT molecular complexity index is 815. The highest BCUT2D eigenvalue weighted by atomic mass is 35.5. The molecule has 0 unspecified atom stereocenters. The Labute approximate surface area is 128 Å². The summed E-state index contributed by atoms with van der Waals surface area (Å²) in [5, 5.41) is 0.540. The second-order valence-electron chi connectivity index (χ2n) is 6.04. The van der Waals surface area contributed by atoms with Crippen LogP contribution < -0.4 is 5.73 Å². The van der Waals surface area contributed by atoms with Gasteiger partial charge >= 0.3 is 0 Å². The Morgan fingerprint density at radius 2 is 1.95 bits per heavy atom. The highest BCUT2D eigenvalue weighted by molar-refractivity contribution is 6.33. The number of anilines is 1. The van der Waals surface area contributed by atoms with Crippen molar-refractivity contribution in [1.82, 2.24) is 14.5 Å². The van der Waals surface area contributed by atoms with E-state index in [9.17, 15) is 0 Å². The van der Waals surface area contributed by atoms with E-state index in [1.165, 1.54) is 0 Å². The lowest BCUT2D eigenvalue weighted by molar-refractivity contribution is 0.413. The second kappa shape index (κ2) is 4.74. The first-order chi connectivity index (χ1) is 9.88. The molecule has 4 nitrogen and oxygen atoms in total. The number of fused-ring (bicyclic) bond motifs is 1. The minimum Gasteiger partial charge on any atom is -0.398 e. The third-order valence-corrected chi connectivity index (χ3v) is 3.71. The van der Waals surface area contributed by atoms with Gasteiger partial charge in [0.2, 0.25) is 0 Å². The van der Waals surface area contributed by atoms with Gasteiger partial charge in [0.1, 0.15) is 11.3 Å². The Balaban J connectivity index is 2.33. The minimum absolute atomic E-state index is 0.112. The van der Waals surface area contributed by atoms with Crippen LogP contribution in [0.4, 0.5) is 5.69 Å². The molecule has 0 fully saturated rings. The van der Waals surface area contributed by atoms with Crippen molar-refractivity contribution < 1.29 is 0 Å². The molecule has 21 heavy (non-hydrogen) atoms. The Morgan fingerprint density at radius 3 is 2.62 bits per heavy atom. The summed E-state index contributed by atoms with van der Waals surface area (Å²) >= 11 is 6.15. The van der Waals surface area contributed by atoms with Crippen LogP contribution in [0.1, 0.15) is 20.8 Å². The van der Waals surface area contributed by atoms with Crippen LogP contribution in [0.15, 0.2) is 36.7 Å². The number of aromatic nitrogens is 3. The summed E-state index contributed by atoms with van der Waals surface area (Å²) in [4.78, 5) is 8.87. The van der Waals surface area contributed by atoms with E-state index < -0.39 is 0 Å². The molecular weight excluding hydrogens is 284 g/mol. The summed E-state index contributed by atoms with van der Waals surface area (Å²) in [6.07, 6.45) is 3.56. The first kappa shape index (κ1) is 13.9. The van der Waals surface area contributed by atoms with E-state index in [0.29, 0.717) is 10.7 Å². The standard InChI is InChI=1S/C16H17ClN4/c1-16(2,3)21-14-6-7-19-9-13(14)20-15(21)10-4-5-12(18)11(17)8-10/h4-9H,18H2,1-3H3. The van der Waals surface area contributed by atoms with Crippen LogP contribution in [0.2, 0.25) is 5.02 Å². The number of nitrogens with zero attached hydrogens (tertiary/aromatic N) is 3. The fraction of sp³-hybridized carbons (Fsp3) is 0.250. The first-order valence-electron chi connectivity index (χ1n) is 6.76. The Morgan fingerprint density at radius 1 is 1.19 bits per heavy atom. The van der Waals surface area contributed by atoms with Crippen LogP contribution in [-0.2, 0) is 5.54 Å². The SMILES string of the molecule is CC(C)(C)n1c(-c2ccc(N)c(Cl)c2)nc2cnccc21. The number of halogens is 1. The summed E-state index contributed by atoms with van der Waals surface area (Å²) in [6, 6.07) is 7.59. The van der Waals surface area contributed by atoms with Gasteiger partial charge in [0.15, 0.2) is 0 Å². The van der Waals surface area contributed by atoms with Crippen LogP contribution in [-0.4, -0.2) is 14.5 Å². The molecule has 2 heterocycles. The average Bonchev–Trinajstić information content (AvgIpc) is 2.81. The largest absolute Gasteiger partial charge is 0.398 e. The maximum atomic E-state index is 6.15. The molecule has 5 heteroatoms. The van der Waals surface area contributed by atoms with Gasteiger partial charge in [-0.1, -0.05) is 11.6 Å². The molecule has 0 aliphatic carbocycles. The van der Waals surface area contributed by atoms with E-state index >= 15 is 0 Å². The van der Waals surface area contributed by atoms with Gasteiger partial charge in [-0.2, -0.15) is 0 Å². The van der Waals surface area contributed by atoms with Gasteiger partial charge in [0.25, 0.3) is 0 Å². The minimum atomic E-state index is -0.112. The molecule has 1 aromatic carbocycles. The lowest BCUT2D eigenvalue weighted by Crippen LogP contribution is -2.22. The van der Waals surface area contributed by atoms with Crippen LogP contribution in [0.25, 0.3) is 22.4 Å². The summed E-state index contributed by atoms with van der Waals surface area (Å²) in [5.74, 6) is 0.868. The lowest BCUT2D eigenvalue weighted by atomic mass is 10.1. The van der Waals surface area contributed by atoms with Crippen molar-refractivity contribution in [3.05, 3.63) is 41.7 Å². The van der Waals surface area contributed by atoms with Crippen molar-refractivity contribution >= 4 is 28.3 Å². The molecule has 0 bridgehead atoms. The average molecular weight is 301 g/mol. The van der Waals surface area contributed by atoms with Crippen molar-refractivity contribution in [3.63, 3.8) is 0 Å². The van der Waals surface area contributed by atoms with E-state index in [-0.39, 0.29) is 5.54 Å². The summed E-state index contributed by atoms with van der Waals surface area (Å²) in [6.45, 7) is 6.45. The monoisotopic (exact) mass is 300 g/mol. The number of hydrogen-bond acceptors (Lipinski definition) is 3. The smallest absolute Gasteiger partial charge is 0.141 e. The van der Waals surface area contributed by atoms with Crippen molar-refractivity contribution in [2.45, 2.75) is 26.3 Å². The maximum Gasteiger partial charge on any atom is 0.141 e. The second-order valence-corrected chi connectivity index (χ2v) is 6.45. The van der Waals surface area contributed by atoms with Gasteiger partial charge in [0.05, 0.1) is 22.4 Å². The predicted molar refractivity (Wildman–Crippen MR) is 87.4 cm³/mol. The van der Waals surface area contributed by atoms with E-state index in [1.54, 1.807) is 12.4 Å². The molecule has 2 aromatic heterocycles. The highest BCUT2D eigenvalue weighted by Gasteiger charge is 2.22. The quantitative estimate of drug-likeness (QED) is 0.689. The molecular formula is C16H17ClN4. The van der Waals surface area contributed by atoms with Gasteiger partial charge in [-0.3, -0.25) is 4.98 Å².